The number of nitrogens with two attached hydrogens (primary N) is 1. The fourth-order valence-electron chi connectivity index (χ4n) is 7.69. The van der Waals surface area contributed by atoms with Crippen molar-refractivity contribution in [3.05, 3.63) is 101 Å². The Morgan fingerprint density at radius 1 is 0.786 bits per heavy atom. The minimum Gasteiger partial charge on any atom is -0.490 e. The average molecular weight is 800 g/mol. The van der Waals surface area contributed by atoms with Crippen LogP contribution in [0.2, 0.25) is 5.02 Å². The topological polar surface area (TPSA) is 139 Å². The van der Waals surface area contributed by atoms with E-state index in [4.69, 9.17) is 32.0 Å². The summed E-state index contributed by atoms with van der Waals surface area (Å²) in [6, 6.07) is 19.7. The number of carboxylic acid groups (broad SMARTS) is 1. The van der Waals surface area contributed by atoms with Gasteiger partial charge in [0.15, 0.2) is 6.04 Å². The number of rotatable bonds is 9. The number of carbonyl (C=O) groups excluding carboxylic acids is 3. The zero-order chi connectivity index (χ0) is 40.4. The van der Waals surface area contributed by atoms with Gasteiger partial charge in [-0.3, -0.25) is 14.4 Å². The van der Waals surface area contributed by atoms with E-state index in [1.165, 1.54) is 35.2 Å². The molecule has 3 fully saturated rings. The number of alkyl halides is 5. The monoisotopic (exact) mass is 799 g/mol. The van der Waals surface area contributed by atoms with E-state index in [1.54, 1.807) is 42.5 Å². The highest BCUT2D eigenvalue weighted by atomic mass is 35.5. The Kier molecular flexibility index (Phi) is 12.0. The number of nitrogens with one attached hydrogen (secondary N) is 1. The molecule has 2 aliphatic heterocycles. The molecule has 2 saturated heterocycles. The number of hydrogen-bond donors (Lipinski definition) is 3. The van der Waals surface area contributed by atoms with Crippen LogP contribution in [0, 0.1) is 0 Å². The molecule has 0 spiro atoms. The Bertz CT molecular complexity index is 2080. The van der Waals surface area contributed by atoms with E-state index in [2.05, 4.69) is 5.32 Å². The largest absolute Gasteiger partial charge is 0.490 e. The lowest BCUT2D eigenvalue weighted by Crippen LogP contribution is -2.61. The second-order valence-corrected chi connectivity index (χ2v) is 14.8. The lowest BCUT2D eigenvalue weighted by atomic mass is 9.93. The number of nitrogens with zero attached hydrogens (tertiary/aromatic N) is 1. The third-order valence-corrected chi connectivity index (χ3v) is 10.7. The Morgan fingerprint density at radius 2 is 1.32 bits per heavy atom. The normalized spacial score (nSPS) is 20.2. The molecule has 2 heterocycles. The summed E-state index contributed by atoms with van der Waals surface area (Å²) in [5.41, 5.74) is 7.22. The maximum absolute atomic E-state index is 16.6. The number of piperidine rings is 1. The number of fused-ring (bicyclic) bond motifs is 3. The zero-order valence-electron chi connectivity index (χ0n) is 29.9. The number of carbonyl (C=O) groups is 4. The molecule has 2 amide bonds. The molecule has 56 heavy (non-hydrogen) atoms. The molecule has 0 radical (unpaired) electrons. The third-order valence-electron chi connectivity index (χ3n) is 10.5. The van der Waals surface area contributed by atoms with Crippen molar-refractivity contribution in [2.45, 2.75) is 93.7 Å². The molecule has 15 heteroatoms. The number of ketones is 1. The van der Waals surface area contributed by atoms with Gasteiger partial charge in [-0.1, -0.05) is 66.2 Å². The van der Waals surface area contributed by atoms with E-state index < -0.39 is 47.3 Å². The van der Waals surface area contributed by atoms with Crippen LogP contribution < -0.4 is 15.8 Å². The van der Waals surface area contributed by atoms with Crippen LogP contribution in [0.5, 0.6) is 5.75 Å². The van der Waals surface area contributed by atoms with Gasteiger partial charge >= 0.3 is 18.1 Å². The van der Waals surface area contributed by atoms with Gasteiger partial charge in [0.05, 0.1) is 6.10 Å². The van der Waals surface area contributed by atoms with Gasteiger partial charge in [0.25, 0.3) is 11.8 Å². The maximum atomic E-state index is 16.6. The minimum atomic E-state index is -5.08. The average Bonchev–Trinajstić information content (AvgIpc) is 3.78. The van der Waals surface area contributed by atoms with Crippen molar-refractivity contribution < 1.29 is 51.0 Å². The first kappa shape index (κ1) is 40.6. The first-order chi connectivity index (χ1) is 26.5. The van der Waals surface area contributed by atoms with Crippen molar-refractivity contribution in [3.63, 3.8) is 0 Å². The summed E-state index contributed by atoms with van der Waals surface area (Å²) in [5.74, 6) is -9.08. The number of aliphatic carboxylic acids is 1. The SMILES string of the molecule is NC1CC2CCC(C1)N2C(=O)[C@H](NC(=O)C(=O)c1ccc2cc(OC3CCCC3)ccc2c1)C(F)(F)c1ccc(-c2ccc(Cl)cc2)cc1.O=C(O)C(F)(F)F. The van der Waals surface area contributed by atoms with Crippen LogP contribution in [0.1, 0.15) is 67.3 Å². The van der Waals surface area contributed by atoms with Gasteiger partial charge < -0.3 is 25.8 Å². The summed E-state index contributed by atoms with van der Waals surface area (Å²) in [4.78, 5) is 51.4. The van der Waals surface area contributed by atoms with Crippen LogP contribution in [0.25, 0.3) is 21.9 Å². The van der Waals surface area contributed by atoms with Crippen LogP contribution in [0.4, 0.5) is 22.0 Å². The summed E-state index contributed by atoms with van der Waals surface area (Å²) in [5, 5.41) is 11.4. The Morgan fingerprint density at radius 3 is 1.89 bits per heavy atom. The van der Waals surface area contributed by atoms with Crippen molar-refractivity contribution in [1.29, 1.82) is 0 Å². The van der Waals surface area contributed by atoms with E-state index in [0.29, 0.717) is 41.7 Å². The highest BCUT2D eigenvalue weighted by Gasteiger charge is 2.53. The van der Waals surface area contributed by atoms with Crippen LogP contribution >= 0.6 is 11.6 Å². The Labute approximate surface area is 323 Å². The van der Waals surface area contributed by atoms with Gasteiger partial charge in [-0.2, -0.15) is 22.0 Å². The van der Waals surface area contributed by atoms with E-state index in [1.807, 2.05) is 12.1 Å². The molecule has 9 nitrogen and oxygen atoms in total. The van der Waals surface area contributed by atoms with Gasteiger partial charge in [0.1, 0.15) is 5.75 Å². The summed E-state index contributed by atoms with van der Waals surface area (Å²) in [7, 11) is 0. The molecular formula is C41H39ClF5N3O6. The van der Waals surface area contributed by atoms with E-state index >= 15 is 8.78 Å². The first-order valence-electron chi connectivity index (χ1n) is 18.2. The third kappa shape index (κ3) is 9.13. The molecule has 2 bridgehead atoms. The summed E-state index contributed by atoms with van der Waals surface area (Å²) >= 11 is 6.00. The minimum absolute atomic E-state index is 0.0281. The first-order valence-corrected chi connectivity index (χ1v) is 18.6. The second kappa shape index (κ2) is 16.6. The van der Waals surface area contributed by atoms with Gasteiger partial charge in [-0.15, -0.1) is 0 Å². The maximum Gasteiger partial charge on any atom is 0.490 e. The number of benzene rings is 4. The van der Waals surface area contributed by atoms with Crippen LogP contribution in [0.15, 0.2) is 84.9 Å². The fourth-order valence-corrected chi connectivity index (χ4v) is 7.82. The summed E-state index contributed by atoms with van der Waals surface area (Å²) in [6.45, 7) is 0. The van der Waals surface area contributed by atoms with Crippen molar-refractivity contribution in [1.82, 2.24) is 10.2 Å². The molecule has 4 aromatic carbocycles. The highest BCUT2D eigenvalue weighted by Crippen LogP contribution is 2.40. The van der Waals surface area contributed by atoms with Gasteiger partial charge in [-0.05, 0) is 104 Å². The summed E-state index contributed by atoms with van der Waals surface area (Å²) in [6.07, 6.45) is 1.72. The molecule has 0 aromatic heterocycles. The molecular weight excluding hydrogens is 761 g/mol. The fraction of sp³-hybridized carbons (Fsp3) is 0.366. The smallest absolute Gasteiger partial charge is 0.490 e. The van der Waals surface area contributed by atoms with Gasteiger partial charge in [0.2, 0.25) is 5.78 Å². The van der Waals surface area contributed by atoms with Crippen molar-refractivity contribution in [2.24, 2.45) is 5.73 Å². The zero-order valence-corrected chi connectivity index (χ0v) is 30.7. The quantitative estimate of drug-likeness (QED) is 0.0885. The van der Waals surface area contributed by atoms with E-state index in [-0.39, 0.29) is 29.8 Å². The van der Waals surface area contributed by atoms with E-state index in [9.17, 15) is 27.6 Å². The van der Waals surface area contributed by atoms with Crippen molar-refractivity contribution >= 4 is 45.9 Å². The second-order valence-electron chi connectivity index (χ2n) is 14.4. The van der Waals surface area contributed by atoms with Gasteiger partial charge in [0, 0.05) is 34.3 Å². The lowest BCUT2D eigenvalue weighted by Gasteiger charge is -2.41. The molecule has 296 valence electrons. The van der Waals surface area contributed by atoms with Crippen LogP contribution in [0.3, 0.4) is 0 Å². The standard InChI is InChI=1S/C39H38ClF2N3O4.C2HF3O2/c40-29-14-9-24(10-15-29)23-7-12-28(13-8-23)39(41,42)36(38(48)45-31-16-17-32(45)22-30(43)21-31)44-37(47)35(46)27-6-5-26-20-34(18-11-25(26)19-27)49-33-3-1-2-4-33;3-2(4,5)1(6)7/h5-15,18-20,30-33,36H,1-4,16-17,21-22,43H2,(H,44,47);(H,6,7)/t30?,31?,32?,36-;/m0./s1. The molecule has 3 atom stereocenters. The van der Waals surface area contributed by atoms with E-state index in [0.717, 1.165) is 42.4 Å². The summed E-state index contributed by atoms with van der Waals surface area (Å²) < 4.78 is 70.9. The molecule has 1 saturated carbocycles. The molecule has 1 aliphatic carbocycles. The molecule has 7 rings (SSSR count). The molecule has 2 unspecified atom stereocenters. The predicted molar refractivity (Wildman–Crippen MR) is 198 cm³/mol. The number of carboxylic acids is 1. The van der Waals surface area contributed by atoms with Crippen LogP contribution in [-0.4, -0.2) is 70.0 Å². The number of halogens is 6. The lowest BCUT2D eigenvalue weighted by molar-refractivity contribution is -0.192. The molecule has 4 N–H and O–H groups in total. The number of ether oxygens (including phenoxy) is 1. The number of hydrogen-bond acceptors (Lipinski definition) is 6. The molecule has 4 aromatic rings. The Balaban J connectivity index is 0.000000695. The highest BCUT2D eigenvalue weighted by molar-refractivity contribution is 6.43. The van der Waals surface area contributed by atoms with Crippen molar-refractivity contribution in [2.75, 3.05) is 0 Å². The predicted octanol–water partition coefficient (Wildman–Crippen LogP) is 8.06. The van der Waals surface area contributed by atoms with Crippen LogP contribution in [-0.2, 0) is 20.3 Å². The number of Topliss-reactive ketones (excluding diaryl/α,β-unsaturated/α-hetero) is 1. The molecule has 3 aliphatic rings. The van der Waals surface area contributed by atoms with Gasteiger partial charge in [-0.25, -0.2) is 4.79 Å². The van der Waals surface area contributed by atoms with Crippen molar-refractivity contribution in [3.8, 4) is 16.9 Å². The Hall–Kier alpha value is -5.08. The number of amides is 2.